The molecule has 0 unspecified atom stereocenters. The van der Waals surface area contributed by atoms with Gasteiger partial charge in [-0.2, -0.15) is 0 Å². The summed E-state index contributed by atoms with van der Waals surface area (Å²) in [7, 11) is 0. The van der Waals surface area contributed by atoms with Crippen molar-refractivity contribution < 1.29 is 14.7 Å². The Hall–Kier alpha value is -3.13. The first kappa shape index (κ1) is 15.4. The highest BCUT2D eigenvalue weighted by Crippen LogP contribution is 2.26. The number of aromatic nitrogens is 2. The SMILES string of the molecule is O=C(Nc1ccc(-n2ccnc2)cc1)C1=C(O)[C@@H]2CNC[C@H]2NC1=O. The van der Waals surface area contributed by atoms with Crippen LogP contribution in [0.4, 0.5) is 5.69 Å². The highest BCUT2D eigenvalue weighted by atomic mass is 16.3. The molecule has 2 amide bonds. The average molecular weight is 339 g/mol. The fraction of sp³-hybridized carbons (Fsp3) is 0.235. The van der Waals surface area contributed by atoms with Crippen molar-refractivity contribution in [3.63, 3.8) is 0 Å². The standard InChI is InChI=1S/C17H17N5O3/c23-15-12-7-19-8-13(12)21-17(25)14(15)16(24)20-10-1-3-11(4-2-10)22-6-5-18-9-22/h1-6,9,12-13,19,23H,7-8H2,(H,20,24)(H,21,25)/t12-,13-/m1/s1. The van der Waals surface area contributed by atoms with Gasteiger partial charge in [-0.05, 0) is 24.3 Å². The van der Waals surface area contributed by atoms with Gasteiger partial charge >= 0.3 is 0 Å². The first-order valence-corrected chi connectivity index (χ1v) is 7.98. The van der Waals surface area contributed by atoms with Gasteiger partial charge in [0.1, 0.15) is 11.3 Å². The lowest BCUT2D eigenvalue weighted by Gasteiger charge is -2.26. The van der Waals surface area contributed by atoms with E-state index in [2.05, 4.69) is 20.9 Å². The van der Waals surface area contributed by atoms with Gasteiger partial charge in [-0.15, -0.1) is 0 Å². The summed E-state index contributed by atoms with van der Waals surface area (Å²) in [4.78, 5) is 28.6. The summed E-state index contributed by atoms with van der Waals surface area (Å²) in [6.07, 6.45) is 5.17. The Morgan fingerprint density at radius 1 is 1.28 bits per heavy atom. The molecule has 1 fully saturated rings. The molecule has 0 spiro atoms. The monoisotopic (exact) mass is 339 g/mol. The van der Waals surface area contributed by atoms with E-state index in [-0.39, 0.29) is 23.3 Å². The van der Waals surface area contributed by atoms with Gasteiger partial charge in [0.2, 0.25) is 0 Å². The lowest BCUT2D eigenvalue weighted by atomic mass is 9.92. The second-order valence-corrected chi connectivity index (χ2v) is 6.08. The van der Waals surface area contributed by atoms with Crippen LogP contribution in [0.3, 0.4) is 0 Å². The number of amides is 2. The number of fused-ring (bicyclic) bond motifs is 1. The maximum Gasteiger partial charge on any atom is 0.264 e. The number of carbonyl (C=O) groups excluding carboxylic acids is 2. The van der Waals surface area contributed by atoms with Crippen LogP contribution >= 0.6 is 0 Å². The second-order valence-electron chi connectivity index (χ2n) is 6.08. The summed E-state index contributed by atoms with van der Waals surface area (Å²) in [5.74, 6) is -1.57. The number of nitrogens with one attached hydrogen (secondary N) is 3. The van der Waals surface area contributed by atoms with E-state index in [1.807, 2.05) is 22.9 Å². The number of aliphatic hydroxyl groups is 1. The topological polar surface area (TPSA) is 108 Å². The summed E-state index contributed by atoms with van der Waals surface area (Å²) < 4.78 is 1.84. The summed E-state index contributed by atoms with van der Waals surface area (Å²) >= 11 is 0. The highest BCUT2D eigenvalue weighted by Gasteiger charge is 2.41. The lowest BCUT2D eigenvalue weighted by molar-refractivity contribution is -0.123. The third-order valence-corrected chi connectivity index (χ3v) is 4.52. The Morgan fingerprint density at radius 2 is 2.08 bits per heavy atom. The Kier molecular flexibility index (Phi) is 3.73. The predicted octanol–water partition coefficient (Wildman–Crippen LogP) is 0.341. The second kappa shape index (κ2) is 6.06. The number of hydrogen-bond donors (Lipinski definition) is 4. The molecule has 0 radical (unpaired) electrons. The molecule has 2 aliphatic rings. The molecular formula is C17H17N5O3. The van der Waals surface area contributed by atoms with Crippen molar-refractivity contribution in [3.05, 3.63) is 54.3 Å². The van der Waals surface area contributed by atoms with Gasteiger partial charge in [-0.25, -0.2) is 4.98 Å². The minimum Gasteiger partial charge on any atom is -0.511 e. The van der Waals surface area contributed by atoms with Crippen molar-refractivity contribution in [3.8, 4) is 5.69 Å². The zero-order valence-electron chi connectivity index (χ0n) is 13.3. The Balaban J connectivity index is 1.53. The van der Waals surface area contributed by atoms with E-state index in [4.69, 9.17) is 0 Å². The summed E-state index contributed by atoms with van der Waals surface area (Å²) in [6.45, 7) is 1.12. The van der Waals surface area contributed by atoms with E-state index in [0.717, 1.165) is 5.69 Å². The number of benzene rings is 1. The van der Waals surface area contributed by atoms with E-state index in [1.165, 1.54) is 0 Å². The zero-order chi connectivity index (χ0) is 17.4. The molecule has 8 nitrogen and oxygen atoms in total. The van der Waals surface area contributed by atoms with Crippen molar-refractivity contribution >= 4 is 17.5 Å². The molecular weight excluding hydrogens is 322 g/mol. The van der Waals surface area contributed by atoms with Crippen LogP contribution < -0.4 is 16.0 Å². The van der Waals surface area contributed by atoms with Crippen LogP contribution in [0, 0.1) is 5.92 Å². The van der Waals surface area contributed by atoms with E-state index < -0.39 is 11.8 Å². The van der Waals surface area contributed by atoms with Crippen molar-refractivity contribution in [2.75, 3.05) is 18.4 Å². The molecule has 4 rings (SSSR count). The molecule has 4 N–H and O–H groups in total. The summed E-state index contributed by atoms with van der Waals surface area (Å²) in [5, 5.41) is 18.9. The van der Waals surface area contributed by atoms with Gasteiger partial charge in [0.15, 0.2) is 0 Å². The number of anilines is 1. The quantitative estimate of drug-likeness (QED) is 0.603. The van der Waals surface area contributed by atoms with E-state index in [9.17, 15) is 14.7 Å². The molecule has 3 heterocycles. The minimum absolute atomic E-state index is 0.147. The highest BCUT2D eigenvalue weighted by molar-refractivity contribution is 6.23. The first-order chi connectivity index (χ1) is 12.1. The van der Waals surface area contributed by atoms with Gasteiger partial charge in [-0.3, -0.25) is 9.59 Å². The maximum absolute atomic E-state index is 12.5. The van der Waals surface area contributed by atoms with Crippen LogP contribution in [-0.4, -0.2) is 45.6 Å². The molecule has 1 saturated heterocycles. The van der Waals surface area contributed by atoms with Crippen LogP contribution in [-0.2, 0) is 9.59 Å². The molecule has 2 aliphatic heterocycles. The number of rotatable bonds is 3. The molecule has 0 aliphatic carbocycles. The molecule has 0 bridgehead atoms. The molecule has 1 aromatic heterocycles. The normalized spacial score (nSPS) is 22.5. The fourth-order valence-corrected chi connectivity index (χ4v) is 3.20. The smallest absolute Gasteiger partial charge is 0.264 e. The molecule has 128 valence electrons. The first-order valence-electron chi connectivity index (χ1n) is 7.98. The van der Waals surface area contributed by atoms with Crippen LogP contribution in [0.2, 0.25) is 0 Å². The van der Waals surface area contributed by atoms with Crippen LogP contribution in [0.25, 0.3) is 5.69 Å². The Morgan fingerprint density at radius 3 is 2.80 bits per heavy atom. The van der Waals surface area contributed by atoms with Crippen LogP contribution in [0.15, 0.2) is 54.3 Å². The van der Waals surface area contributed by atoms with Crippen molar-refractivity contribution in [2.24, 2.45) is 5.92 Å². The number of aliphatic hydroxyl groups excluding tert-OH is 1. The molecule has 25 heavy (non-hydrogen) atoms. The van der Waals surface area contributed by atoms with Crippen molar-refractivity contribution in [1.82, 2.24) is 20.2 Å². The number of imidazole rings is 1. The molecule has 1 aromatic carbocycles. The van der Waals surface area contributed by atoms with Gasteiger partial charge in [0.05, 0.1) is 18.3 Å². The van der Waals surface area contributed by atoms with E-state index >= 15 is 0 Å². The van der Waals surface area contributed by atoms with Gasteiger partial charge in [0, 0.05) is 36.9 Å². The predicted molar refractivity (Wildman–Crippen MR) is 90.1 cm³/mol. The number of hydrogen-bond acceptors (Lipinski definition) is 5. The third-order valence-electron chi connectivity index (χ3n) is 4.52. The van der Waals surface area contributed by atoms with E-state index in [1.54, 1.807) is 24.7 Å². The summed E-state index contributed by atoms with van der Waals surface area (Å²) in [5.41, 5.74) is 1.21. The minimum atomic E-state index is -0.615. The Labute approximate surface area is 143 Å². The Bertz CT molecular complexity index is 842. The largest absolute Gasteiger partial charge is 0.511 e. The lowest BCUT2D eigenvalue weighted by Crippen LogP contribution is -2.48. The molecule has 8 heteroatoms. The maximum atomic E-state index is 12.5. The third kappa shape index (κ3) is 2.76. The van der Waals surface area contributed by atoms with Crippen molar-refractivity contribution in [1.29, 1.82) is 0 Å². The van der Waals surface area contributed by atoms with Crippen LogP contribution in [0.1, 0.15) is 0 Å². The number of nitrogens with zero attached hydrogens (tertiary/aromatic N) is 2. The fourth-order valence-electron chi connectivity index (χ4n) is 3.20. The van der Waals surface area contributed by atoms with Gasteiger partial charge in [-0.1, -0.05) is 0 Å². The van der Waals surface area contributed by atoms with Gasteiger partial charge < -0.3 is 25.6 Å². The zero-order valence-corrected chi connectivity index (χ0v) is 13.3. The van der Waals surface area contributed by atoms with Crippen LogP contribution in [0.5, 0.6) is 0 Å². The summed E-state index contributed by atoms with van der Waals surface area (Å²) in [6, 6.07) is 6.93. The molecule has 0 saturated carbocycles. The molecule has 2 atom stereocenters. The van der Waals surface area contributed by atoms with Crippen molar-refractivity contribution in [2.45, 2.75) is 6.04 Å². The average Bonchev–Trinajstić information content (AvgIpc) is 3.26. The van der Waals surface area contributed by atoms with Gasteiger partial charge in [0.25, 0.3) is 11.8 Å². The molecule has 2 aromatic rings. The number of carbonyl (C=O) groups is 2. The van der Waals surface area contributed by atoms with E-state index in [0.29, 0.717) is 18.8 Å².